The Labute approximate surface area is 141 Å². The molecular weight excluding hydrogens is 335 g/mol. The van der Waals surface area contributed by atoms with Gasteiger partial charge in [0.2, 0.25) is 5.88 Å². The molecule has 1 aromatic carbocycles. The van der Waals surface area contributed by atoms with Crippen LogP contribution in [0.1, 0.15) is 5.56 Å². The molecule has 0 bridgehead atoms. The van der Waals surface area contributed by atoms with Gasteiger partial charge in [0.25, 0.3) is 5.56 Å². The summed E-state index contributed by atoms with van der Waals surface area (Å²) in [4.78, 5) is 14.6. The summed E-state index contributed by atoms with van der Waals surface area (Å²) < 4.78 is 19.6. The average Bonchev–Trinajstić information content (AvgIpc) is 2.57. The Morgan fingerprint density at radius 3 is 2.62 bits per heavy atom. The van der Waals surface area contributed by atoms with Crippen molar-refractivity contribution in [2.75, 3.05) is 26.3 Å². The summed E-state index contributed by atoms with van der Waals surface area (Å²) in [6, 6.07) is 5.38. The molecule has 2 N–H and O–H groups in total. The zero-order valence-corrected chi connectivity index (χ0v) is 13.4. The van der Waals surface area contributed by atoms with Crippen molar-refractivity contribution >= 4 is 18.4 Å². The van der Waals surface area contributed by atoms with Gasteiger partial charge in [0, 0.05) is 0 Å². The second-order valence-corrected chi connectivity index (χ2v) is 5.51. The Morgan fingerprint density at radius 2 is 1.96 bits per heavy atom. The molecule has 0 radical (unpaired) electrons. The molecule has 1 aliphatic heterocycles. The van der Waals surface area contributed by atoms with Gasteiger partial charge in [0.15, 0.2) is 4.77 Å². The lowest BCUT2D eigenvalue weighted by molar-refractivity contribution is 0.0396. The number of ether oxygens (including phenoxy) is 1. The van der Waals surface area contributed by atoms with E-state index in [9.17, 15) is 14.3 Å². The highest BCUT2D eigenvalue weighted by atomic mass is 32.1. The summed E-state index contributed by atoms with van der Waals surface area (Å²) in [7, 11) is 0. The number of morpholine rings is 1. The normalized spacial score (nSPS) is 15.1. The summed E-state index contributed by atoms with van der Waals surface area (Å²) in [5.41, 5.74) is -0.150. The number of hydrogen-bond acceptors (Lipinski definition) is 6. The minimum atomic E-state index is -0.548. The molecule has 1 aromatic heterocycles. The third-order valence-corrected chi connectivity index (χ3v) is 3.83. The number of nitrogens with one attached hydrogen (secondary N) is 1. The SMILES string of the molecule is O=c1[nH]c(=S)n(-c2ccc(F)cc2)c(O)c1C=NN1CCOCC1. The number of aromatic hydroxyl groups is 1. The highest BCUT2D eigenvalue weighted by molar-refractivity contribution is 7.71. The van der Waals surface area contributed by atoms with E-state index < -0.39 is 11.4 Å². The van der Waals surface area contributed by atoms with Crippen LogP contribution in [0.3, 0.4) is 0 Å². The van der Waals surface area contributed by atoms with Gasteiger partial charge in [-0.3, -0.25) is 19.4 Å². The van der Waals surface area contributed by atoms with Crippen molar-refractivity contribution in [3.63, 3.8) is 0 Å². The molecule has 3 rings (SSSR count). The van der Waals surface area contributed by atoms with Crippen LogP contribution in [0.5, 0.6) is 5.88 Å². The number of nitrogens with zero attached hydrogens (tertiary/aromatic N) is 3. The second-order valence-electron chi connectivity index (χ2n) is 5.12. The maximum Gasteiger partial charge on any atom is 0.264 e. The molecule has 126 valence electrons. The summed E-state index contributed by atoms with van der Waals surface area (Å²) >= 11 is 5.09. The van der Waals surface area contributed by atoms with E-state index in [1.165, 1.54) is 35.0 Å². The first-order valence-corrected chi connectivity index (χ1v) is 7.68. The van der Waals surface area contributed by atoms with Gasteiger partial charge in [-0.05, 0) is 36.5 Å². The van der Waals surface area contributed by atoms with Gasteiger partial charge in [-0.25, -0.2) is 4.39 Å². The lowest BCUT2D eigenvalue weighted by Gasteiger charge is -2.23. The number of aromatic amines is 1. The zero-order chi connectivity index (χ0) is 17.1. The number of benzene rings is 1. The Bertz CT molecular complexity index is 870. The quantitative estimate of drug-likeness (QED) is 0.646. The van der Waals surface area contributed by atoms with E-state index in [0.29, 0.717) is 32.0 Å². The van der Waals surface area contributed by atoms with E-state index >= 15 is 0 Å². The largest absolute Gasteiger partial charge is 0.494 e. The third kappa shape index (κ3) is 3.36. The highest BCUT2D eigenvalue weighted by Gasteiger charge is 2.14. The Kier molecular flexibility index (Phi) is 4.72. The van der Waals surface area contributed by atoms with E-state index in [0.717, 1.165) is 0 Å². The zero-order valence-electron chi connectivity index (χ0n) is 12.6. The number of aromatic nitrogens is 2. The van der Waals surface area contributed by atoms with Crippen molar-refractivity contribution in [3.8, 4) is 11.6 Å². The van der Waals surface area contributed by atoms with E-state index in [2.05, 4.69) is 10.1 Å². The topological polar surface area (TPSA) is 82.8 Å². The number of rotatable bonds is 3. The molecule has 0 unspecified atom stereocenters. The lowest BCUT2D eigenvalue weighted by atomic mass is 10.3. The lowest BCUT2D eigenvalue weighted by Crippen LogP contribution is -2.32. The molecule has 1 fully saturated rings. The number of halogens is 1. The van der Waals surface area contributed by atoms with Gasteiger partial charge >= 0.3 is 0 Å². The van der Waals surface area contributed by atoms with Gasteiger partial charge in [-0.1, -0.05) is 0 Å². The van der Waals surface area contributed by atoms with Gasteiger partial charge < -0.3 is 9.84 Å². The summed E-state index contributed by atoms with van der Waals surface area (Å²) in [6.45, 7) is 2.32. The van der Waals surface area contributed by atoms with E-state index in [1.807, 2.05) is 0 Å². The minimum absolute atomic E-state index is 0.00707. The van der Waals surface area contributed by atoms with Crippen molar-refractivity contribution in [1.29, 1.82) is 0 Å². The first kappa shape index (κ1) is 16.3. The van der Waals surface area contributed by atoms with Crippen LogP contribution < -0.4 is 5.56 Å². The Balaban J connectivity index is 2.02. The molecule has 0 saturated carbocycles. The molecule has 0 amide bonds. The summed E-state index contributed by atoms with van der Waals surface area (Å²) in [5, 5.41) is 16.4. The minimum Gasteiger partial charge on any atom is -0.494 e. The molecule has 0 spiro atoms. The van der Waals surface area contributed by atoms with E-state index in [1.54, 1.807) is 5.01 Å². The van der Waals surface area contributed by atoms with Crippen molar-refractivity contribution < 1.29 is 14.2 Å². The fourth-order valence-corrected chi connectivity index (χ4v) is 2.58. The van der Waals surface area contributed by atoms with Crippen molar-refractivity contribution in [3.05, 3.63) is 50.8 Å². The van der Waals surface area contributed by atoms with Crippen molar-refractivity contribution in [2.45, 2.75) is 0 Å². The molecule has 2 heterocycles. The maximum atomic E-state index is 13.1. The van der Waals surface area contributed by atoms with Crippen LogP contribution in [0, 0.1) is 10.6 Å². The first-order valence-electron chi connectivity index (χ1n) is 7.27. The third-order valence-electron chi connectivity index (χ3n) is 3.54. The van der Waals surface area contributed by atoms with Crippen LogP contribution in [-0.2, 0) is 4.74 Å². The predicted molar refractivity (Wildman–Crippen MR) is 88.8 cm³/mol. The molecule has 2 aromatic rings. The fourth-order valence-electron chi connectivity index (χ4n) is 2.29. The molecule has 1 saturated heterocycles. The van der Waals surface area contributed by atoms with Crippen molar-refractivity contribution in [1.82, 2.24) is 14.6 Å². The molecule has 0 atom stereocenters. The monoisotopic (exact) mass is 350 g/mol. The van der Waals surface area contributed by atoms with Gasteiger partial charge in [-0.15, -0.1) is 0 Å². The predicted octanol–water partition coefficient (Wildman–Crippen LogP) is 1.41. The van der Waals surface area contributed by atoms with E-state index in [-0.39, 0.29) is 16.2 Å². The van der Waals surface area contributed by atoms with Crippen LogP contribution in [0.15, 0.2) is 34.2 Å². The van der Waals surface area contributed by atoms with Crippen LogP contribution >= 0.6 is 12.2 Å². The standard InChI is InChI=1S/C15H15FN4O3S/c16-10-1-3-11(4-2-10)20-14(22)12(13(21)18-15(20)24)9-17-19-5-7-23-8-6-19/h1-4,9,22H,5-8H2,(H,18,21,24). The van der Waals surface area contributed by atoms with E-state index in [4.69, 9.17) is 17.0 Å². The van der Waals surface area contributed by atoms with Gasteiger partial charge in [0.1, 0.15) is 11.4 Å². The van der Waals surface area contributed by atoms with Crippen LogP contribution in [-0.4, -0.2) is 52.2 Å². The first-order chi connectivity index (χ1) is 11.6. The average molecular weight is 350 g/mol. The molecular formula is C15H15FN4O3S. The molecule has 24 heavy (non-hydrogen) atoms. The summed E-state index contributed by atoms with van der Waals surface area (Å²) in [6.07, 6.45) is 1.29. The number of hydrazone groups is 1. The van der Waals surface area contributed by atoms with Crippen molar-refractivity contribution in [2.24, 2.45) is 5.10 Å². The maximum absolute atomic E-state index is 13.1. The Morgan fingerprint density at radius 1 is 1.29 bits per heavy atom. The number of H-pyrrole nitrogens is 1. The molecule has 0 aliphatic carbocycles. The molecule has 7 nitrogen and oxygen atoms in total. The van der Waals surface area contributed by atoms with Gasteiger partial charge in [-0.2, -0.15) is 5.10 Å². The number of hydrogen-bond donors (Lipinski definition) is 2. The van der Waals surface area contributed by atoms with Crippen LogP contribution in [0.25, 0.3) is 5.69 Å². The molecule has 9 heteroatoms. The van der Waals surface area contributed by atoms with Crippen LogP contribution in [0.4, 0.5) is 4.39 Å². The smallest absolute Gasteiger partial charge is 0.264 e. The molecule has 1 aliphatic rings. The Hall–Kier alpha value is -2.52. The summed E-state index contributed by atoms with van der Waals surface area (Å²) in [5.74, 6) is -0.768. The van der Waals surface area contributed by atoms with Gasteiger partial charge in [0.05, 0.1) is 38.2 Å². The second kappa shape index (κ2) is 6.93. The highest BCUT2D eigenvalue weighted by Crippen LogP contribution is 2.19. The van der Waals surface area contributed by atoms with Crippen LogP contribution in [0.2, 0.25) is 0 Å². The fraction of sp³-hybridized carbons (Fsp3) is 0.267.